The summed E-state index contributed by atoms with van der Waals surface area (Å²) < 4.78 is 0. The van der Waals surface area contributed by atoms with E-state index < -0.39 is 5.97 Å². The monoisotopic (exact) mass is 280 g/mol. The van der Waals surface area contributed by atoms with E-state index in [4.69, 9.17) is 5.11 Å². The maximum Gasteiger partial charge on any atom is 0.306 e. The van der Waals surface area contributed by atoms with Crippen LogP contribution in [0.4, 0.5) is 0 Å². The van der Waals surface area contributed by atoms with Gasteiger partial charge in [-0.3, -0.25) is 4.79 Å². The predicted molar refractivity (Wildman–Crippen MR) is 86.0 cm³/mol. The van der Waals surface area contributed by atoms with Crippen molar-refractivity contribution in [3.8, 4) is 0 Å². The van der Waals surface area contributed by atoms with Crippen LogP contribution in [0.15, 0.2) is 48.5 Å². The molecule has 0 amide bonds. The molecule has 0 bridgehead atoms. The topological polar surface area (TPSA) is 37.3 Å². The fraction of sp³-hybridized carbons (Fsp3) is 0.316. The van der Waals surface area contributed by atoms with Crippen molar-refractivity contribution in [3.05, 3.63) is 54.1 Å². The first-order chi connectivity index (χ1) is 10.1. The summed E-state index contributed by atoms with van der Waals surface area (Å²) >= 11 is 0. The Labute approximate surface area is 125 Å². The Bertz CT molecular complexity index is 687. The number of hydrogen-bond acceptors (Lipinski definition) is 1. The molecule has 2 heteroatoms. The Balaban J connectivity index is 1.60. The molecular weight excluding hydrogens is 260 g/mol. The number of hydrogen-bond donors (Lipinski definition) is 1. The SMILES string of the molecule is CC(C(=O)O)C1CC1CC=Cc1ccc2ccccc2c1. The Morgan fingerprint density at radius 1 is 1.29 bits per heavy atom. The Kier molecular flexibility index (Phi) is 3.78. The van der Waals surface area contributed by atoms with Crippen molar-refractivity contribution >= 4 is 22.8 Å². The van der Waals surface area contributed by atoms with Crippen LogP contribution < -0.4 is 0 Å². The largest absolute Gasteiger partial charge is 0.481 e. The zero-order valence-corrected chi connectivity index (χ0v) is 12.2. The molecule has 0 spiro atoms. The molecule has 1 N–H and O–H groups in total. The van der Waals surface area contributed by atoms with Gasteiger partial charge in [0.25, 0.3) is 0 Å². The van der Waals surface area contributed by atoms with E-state index in [1.54, 1.807) is 0 Å². The summed E-state index contributed by atoms with van der Waals surface area (Å²) in [7, 11) is 0. The number of carboxylic acid groups (broad SMARTS) is 1. The lowest BCUT2D eigenvalue weighted by molar-refractivity contribution is -0.141. The lowest BCUT2D eigenvalue weighted by Gasteiger charge is -2.03. The number of carboxylic acids is 1. The molecule has 1 aliphatic carbocycles. The van der Waals surface area contributed by atoms with E-state index in [1.807, 2.05) is 6.92 Å². The van der Waals surface area contributed by atoms with Crippen LogP contribution in [0.5, 0.6) is 0 Å². The van der Waals surface area contributed by atoms with Crippen LogP contribution >= 0.6 is 0 Å². The molecule has 108 valence electrons. The molecule has 1 saturated carbocycles. The van der Waals surface area contributed by atoms with Gasteiger partial charge in [-0.05, 0) is 47.1 Å². The van der Waals surface area contributed by atoms with Crippen LogP contribution in [0, 0.1) is 17.8 Å². The van der Waals surface area contributed by atoms with Gasteiger partial charge in [0, 0.05) is 0 Å². The van der Waals surface area contributed by atoms with Crippen LogP contribution in [-0.2, 0) is 4.79 Å². The molecule has 1 aliphatic rings. The predicted octanol–water partition coefficient (Wildman–Crippen LogP) is 4.60. The van der Waals surface area contributed by atoms with E-state index in [2.05, 4.69) is 54.6 Å². The highest BCUT2D eigenvalue weighted by molar-refractivity contribution is 5.84. The number of benzene rings is 2. The average Bonchev–Trinajstić information content (AvgIpc) is 3.25. The van der Waals surface area contributed by atoms with Gasteiger partial charge in [0.05, 0.1) is 5.92 Å². The number of rotatable bonds is 5. The Hall–Kier alpha value is -2.09. The van der Waals surface area contributed by atoms with Crippen LogP contribution in [0.1, 0.15) is 25.3 Å². The summed E-state index contributed by atoms with van der Waals surface area (Å²) in [6.45, 7) is 1.82. The summed E-state index contributed by atoms with van der Waals surface area (Å²) in [5, 5.41) is 11.5. The van der Waals surface area contributed by atoms with Gasteiger partial charge >= 0.3 is 5.97 Å². The maximum absolute atomic E-state index is 10.9. The maximum atomic E-state index is 10.9. The summed E-state index contributed by atoms with van der Waals surface area (Å²) in [5.74, 6) is 0.0432. The molecule has 1 fully saturated rings. The molecule has 0 aromatic heterocycles. The molecule has 0 radical (unpaired) electrons. The van der Waals surface area contributed by atoms with Gasteiger partial charge in [-0.15, -0.1) is 0 Å². The minimum Gasteiger partial charge on any atom is -0.481 e. The van der Waals surface area contributed by atoms with Gasteiger partial charge in [0.2, 0.25) is 0 Å². The van der Waals surface area contributed by atoms with E-state index >= 15 is 0 Å². The zero-order chi connectivity index (χ0) is 14.8. The van der Waals surface area contributed by atoms with Crippen molar-refractivity contribution in [2.24, 2.45) is 17.8 Å². The third-order valence-corrected chi connectivity index (χ3v) is 4.53. The summed E-state index contributed by atoms with van der Waals surface area (Å²) in [4.78, 5) is 10.9. The molecule has 2 aromatic carbocycles. The Morgan fingerprint density at radius 2 is 2.05 bits per heavy atom. The number of fused-ring (bicyclic) bond motifs is 1. The van der Waals surface area contributed by atoms with Crippen LogP contribution in [0.3, 0.4) is 0 Å². The fourth-order valence-electron chi connectivity index (χ4n) is 3.03. The van der Waals surface area contributed by atoms with E-state index in [1.165, 1.54) is 16.3 Å². The van der Waals surface area contributed by atoms with Crippen LogP contribution in [0.25, 0.3) is 16.8 Å². The van der Waals surface area contributed by atoms with Crippen molar-refractivity contribution in [2.45, 2.75) is 19.8 Å². The van der Waals surface area contributed by atoms with Gasteiger partial charge in [-0.1, -0.05) is 55.5 Å². The normalized spacial score (nSPS) is 22.5. The summed E-state index contributed by atoms with van der Waals surface area (Å²) in [6, 6.07) is 14.8. The molecule has 0 heterocycles. The number of aliphatic carboxylic acids is 1. The molecule has 3 unspecified atom stereocenters. The second-order valence-electron chi connectivity index (χ2n) is 6.03. The summed E-state index contributed by atoms with van der Waals surface area (Å²) in [6.07, 6.45) is 6.36. The van der Waals surface area contributed by atoms with Gasteiger partial charge in [0.1, 0.15) is 0 Å². The lowest BCUT2D eigenvalue weighted by Crippen LogP contribution is -2.12. The molecule has 2 aromatic rings. The van der Waals surface area contributed by atoms with E-state index in [-0.39, 0.29) is 5.92 Å². The Morgan fingerprint density at radius 3 is 2.81 bits per heavy atom. The number of carbonyl (C=O) groups is 1. The van der Waals surface area contributed by atoms with E-state index in [0.29, 0.717) is 11.8 Å². The fourth-order valence-corrected chi connectivity index (χ4v) is 3.03. The quantitative estimate of drug-likeness (QED) is 0.869. The van der Waals surface area contributed by atoms with Crippen molar-refractivity contribution in [1.29, 1.82) is 0 Å². The smallest absolute Gasteiger partial charge is 0.306 e. The summed E-state index contributed by atoms with van der Waals surface area (Å²) in [5.41, 5.74) is 1.21. The third-order valence-electron chi connectivity index (χ3n) is 4.53. The van der Waals surface area contributed by atoms with Crippen LogP contribution in [0.2, 0.25) is 0 Å². The minimum atomic E-state index is -0.666. The first-order valence-electron chi connectivity index (χ1n) is 7.53. The highest BCUT2D eigenvalue weighted by Gasteiger charge is 2.42. The zero-order valence-electron chi connectivity index (χ0n) is 12.2. The number of allylic oxidation sites excluding steroid dienone is 1. The lowest BCUT2D eigenvalue weighted by atomic mass is 10.0. The highest BCUT2D eigenvalue weighted by atomic mass is 16.4. The first kappa shape index (κ1) is 13.9. The molecule has 21 heavy (non-hydrogen) atoms. The third kappa shape index (κ3) is 3.15. The molecule has 3 rings (SSSR count). The van der Waals surface area contributed by atoms with Gasteiger partial charge in [0.15, 0.2) is 0 Å². The molecule has 0 saturated heterocycles. The molecule has 0 aliphatic heterocycles. The first-order valence-corrected chi connectivity index (χ1v) is 7.53. The average molecular weight is 280 g/mol. The second-order valence-corrected chi connectivity index (χ2v) is 6.03. The van der Waals surface area contributed by atoms with Crippen molar-refractivity contribution in [1.82, 2.24) is 0 Å². The van der Waals surface area contributed by atoms with Crippen molar-refractivity contribution in [2.75, 3.05) is 0 Å². The van der Waals surface area contributed by atoms with Crippen molar-refractivity contribution < 1.29 is 9.90 Å². The van der Waals surface area contributed by atoms with Gasteiger partial charge in [-0.2, -0.15) is 0 Å². The van der Waals surface area contributed by atoms with Gasteiger partial charge in [-0.25, -0.2) is 0 Å². The standard InChI is InChI=1S/C19H20O2/c1-13(19(20)21)18-12-17(18)8-4-5-14-9-10-15-6-2-3-7-16(15)11-14/h2-7,9-11,13,17-18H,8,12H2,1H3,(H,20,21). The van der Waals surface area contributed by atoms with E-state index in [0.717, 1.165) is 12.8 Å². The molecular formula is C19H20O2. The highest BCUT2D eigenvalue weighted by Crippen LogP contribution is 2.46. The second kappa shape index (κ2) is 5.72. The van der Waals surface area contributed by atoms with E-state index in [9.17, 15) is 4.79 Å². The van der Waals surface area contributed by atoms with Crippen molar-refractivity contribution in [3.63, 3.8) is 0 Å². The minimum absolute atomic E-state index is 0.205. The van der Waals surface area contributed by atoms with Crippen LogP contribution in [-0.4, -0.2) is 11.1 Å². The van der Waals surface area contributed by atoms with Gasteiger partial charge < -0.3 is 5.11 Å². The molecule has 2 nitrogen and oxygen atoms in total. The molecule has 3 atom stereocenters.